The SMILES string of the molecule is CCc1cc(N2CCC(NCCOc3ccccc3)CC2)nc(-c2ccccn2)n1. The lowest BCUT2D eigenvalue weighted by Gasteiger charge is -2.33. The van der Waals surface area contributed by atoms with Gasteiger partial charge in [0.1, 0.15) is 23.9 Å². The first-order chi connectivity index (χ1) is 14.8. The Kier molecular flexibility index (Phi) is 6.87. The molecule has 0 saturated carbocycles. The molecule has 4 rings (SSSR count). The molecule has 0 radical (unpaired) electrons. The van der Waals surface area contributed by atoms with E-state index in [0.717, 1.165) is 61.9 Å². The molecule has 156 valence electrons. The number of hydrogen-bond donors (Lipinski definition) is 1. The lowest BCUT2D eigenvalue weighted by molar-refractivity contribution is 0.296. The molecular weight excluding hydrogens is 374 g/mol. The van der Waals surface area contributed by atoms with Crippen LogP contribution < -0.4 is 15.0 Å². The van der Waals surface area contributed by atoms with Gasteiger partial charge in [-0.25, -0.2) is 9.97 Å². The predicted octanol–water partition coefficient (Wildman–Crippen LogP) is 3.74. The number of rotatable bonds is 8. The molecule has 1 aliphatic rings. The number of ether oxygens (including phenoxy) is 1. The molecule has 1 aliphatic heterocycles. The van der Waals surface area contributed by atoms with E-state index in [-0.39, 0.29) is 0 Å². The van der Waals surface area contributed by atoms with Crippen molar-refractivity contribution in [3.8, 4) is 17.3 Å². The fourth-order valence-electron chi connectivity index (χ4n) is 3.70. The molecule has 6 nitrogen and oxygen atoms in total. The van der Waals surface area contributed by atoms with E-state index in [4.69, 9.17) is 9.72 Å². The van der Waals surface area contributed by atoms with Crippen LogP contribution >= 0.6 is 0 Å². The fourth-order valence-corrected chi connectivity index (χ4v) is 3.70. The minimum atomic E-state index is 0.517. The van der Waals surface area contributed by atoms with Gasteiger partial charge in [0, 0.05) is 43.6 Å². The number of nitrogens with zero attached hydrogens (tertiary/aromatic N) is 4. The van der Waals surface area contributed by atoms with Crippen molar-refractivity contribution in [1.29, 1.82) is 0 Å². The van der Waals surface area contributed by atoms with Crippen LogP contribution in [0, 0.1) is 0 Å². The number of aromatic nitrogens is 3. The summed E-state index contributed by atoms with van der Waals surface area (Å²) in [6.45, 7) is 5.64. The van der Waals surface area contributed by atoms with Crippen molar-refractivity contribution in [3.05, 3.63) is 66.5 Å². The topological polar surface area (TPSA) is 63.2 Å². The summed E-state index contributed by atoms with van der Waals surface area (Å²) < 4.78 is 5.77. The normalized spacial score (nSPS) is 14.6. The van der Waals surface area contributed by atoms with Crippen LogP contribution in [-0.4, -0.2) is 47.2 Å². The predicted molar refractivity (Wildman–Crippen MR) is 120 cm³/mol. The summed E-state index contributed by atoms with van der Waals surface area (Å²) in [5.74, 6) is 2.64. The Labute approximate surface area is 178 Å². The maximum absolute atomic E-state index is 5.77. The smallest absolute Gasteiger partial charge is 0.180 e. The van der Waals surface area contributed by atoms with Crippen LogP contribution in [0.15, 0.2) is 60.8 Å². The standard InChI is InChI=1S/C24H29N5O/c1-2-19-18-23(28-24(27-19)22-10-6-7-13-26-22)29-15-11-20(12-16-29)25-14-17-30-21-8-4-3-5-9-21/h3-10,13,18,20,25H,2,11-12,14-17H2,1H3. The maximum atomic E-state index is 5.77. The molecule has 0 bridgehead atoms. The van der Waals surface area contributed by atoms with Crippen LogP contribution in [-0.2, 0) is 6.42 Å². The third-order valence-corrected chi connectivity index (χ3v) is 5.39. The molecule has 3 aromatic rings. The highest BCUT2D eigenvalue weighted by atomic mass is 16.5. The first-order valence-electron chi connectivity index (χ1n) is 10.8. The van der Waals surface area contributed by atoms with Gasteiger partial charge in [-0.15, -0.1) is 0 Å². The lowest BCUT2D eigenvalue weighted by atomic mass is 10.0. The van der Waals surface area contributed by atoms with Crippen LogP contribution in [0.3, 0.4) is 0 Å². The van der Waals surface area contributed by atoms with E-state index in [0.29, 0.717) is 18.5 Å². The van der Waals surface area contributed by atoms with Gasteiger partial charge < -0.3 is 15.0 Å². The second kappa shape index (κ2) is 10.2. The quantitative estimate of drug-likeness (QED) is 0.578. The van der Waals surface area contributed by atoms with Crippen molar-refractivity contribution in [3.63, 3.8) is 0 Å². The monoisotopic (exact) mass is 403 g/mol. The zero-order valence-electron chi connectivity index (χ0n) is 17.5. The molecule has 0 spiro atoms. The number of hydrogen-bond acceptors (Lipinski definition) is 6. The van der Waals surface area contributed by atoms with Crippen molar-refractivity contribution >= 4 is 5.82 Å². The van der Waals surface area contributed by atoms with E-state index in [1.807, 2.05) is 48.5 Å². The molecule has 1 aromatic carbocycles. The van der Waals surface area contributed by atoms with Crippen molar-refractivity contribution in [2.45, 2.75) is 32.2 Å². The van der Waals surface area contributed by atoms with E-state index in [1.165, 1.54) is 0 Å². The van der Waals surface area contributed by atoms with Gasteiger partial charge in [0.2, 0.25) is 0 Å². The van der Waals surface area contributed by atoms with Crippen LogP contribution in [0.25, 0.3) is 11.5 Å². The number of aryl methyl sites for hydroxylation is 1. The highest BCUT2D eigenvalue weighted by Crippen LogP contribution is 2.22. The maximum Gasteiger partial charge on any atom is 0.180 e. The van der Waals surface area contributed by atoms with E-state index in [9.17, 15) is 0 Å². The van der Waals surface area contributed by atoms with Crippen LogP contribution in [0.4, 0.5) is 5.82 Å². The highest BCUT2D eigenvalue weighted by molar-refractivity contribution is 5.54. The lowest BCUT2D eigenvalue weighted by Crippen LogP contribution is -2.44. The Morgan fingerprint density at radius 2 is 1.83 bits per heavy atom. The zero-order valence-corrected chi connectivity index (χ0v) is 17.5. The van der Waals surface area contributed by atoms with Crippen molar-refractivity contribution in [2.75, 3.05) is 31.1 Å². The minimum absolute atomic E-state index is 0.517. The van der Waals surface area contributed by atoms with Crippen LogP contribution in [0.5, 0.6) is 5.75 Å². The number of nitrogens with one attached hydrogen (secondary N) is 1. The number of para-hydroxylation sites is 1. The van der Waals surface area contributed by atoms with Crippen LogP contribution in [0.1, 0.15) is 25.5 Å². The highest BCUT2D eigenvalue weighted by Gasteiger charge is 2.21. The van der Waals surface area contributed by atoms with Gasteiger partial charge in [-0.2, -0.15) is 0 Å². The molecule has 3 heterocycles. The molecule has 1 fully saturated rings. The first-order valence-corrected chi connectivity index (χ1v) is 10.8. The van der Waals surface area contributed by atoms with Gasteiger partial charge in [0.25, 0.3) is 0 Å². The van der Waals surface area contributed by atoms with Crippen LogP contribution in [0.2, 0.25) is 0 Å². The Morgan fingerprint density at radius 1 is 1.03 bits per heavy atom. The second-order valence-electron chi connectivity index (χ2n) is 7.49. The molecule has 30 heavy (non-hydrogen) atoms. The largest absolute Gasteiger partial charge is 0.492 e. The van der Waals surface area contributed by atoms with E-state index in [1.54, 1.807) is 6.20 Å². The van der Waals surface area contributed by atoms with Crippen molar-refractivity contribution in [2.24, 2.45) is 0 Å². The van der Waals surface area contributed by atoms with Gasteiger partial charge >= 0.3 is 0 Å². The average Bonchev–Trinajstić information content (AvgIpc) is 2.83. The Bertz CT molecular complexity index is 911. The van der Waals surface area contributed by atoms with Gasteiger partial charge in [-0.3, -0.25) is 4.98 Å². The summed E-state index contributed by atoms with van der Waals surface area (Å²) in [5.41, 5.74) is 1.88. The zero-order chi connectivity index (χ0) is 20.6. The van der Waals surface area contributed by atoms with E-state index < -0.39 is 0 Å². The Balaban J connectivity index is 1.30. The second-order valence-corrected chi connectivity index (χ2v) is 7.49. The first kappa shape index (κ1) is 20.3. The van der Waals surface area contributed by atoms with Gasteiger partial charge in [0.05, 0.1) is 0 Å². The Morgan fingerprint density at radius 3 is 2.57 bits per heavy atom. The molecule has 0 aliphatic carbocycles. The Hall–Kier alpha value is -2.99. The number of pyridine rings is 1. The summed E-state index contributed by atoms with van der Waals surface area (Å²) >= 11 is 0. The number of benzene rings is 1. The summed E-state index contributed by atoms with van der Waals surface area (Å²) in [7, 11) is 0. The van der Waals surface area contributed by atoms with Gasteiger partial charge in [0.15, 0.2) is 5.82 Å². The molecule has 0 amide bonds. The minimum Gasteiger partial charge on any atom is -0.492 e. The molecule has 0 atom stereocenters. The summed E-state index contributed by atoms with van der Waals surface area (Å²) in [5, 5.41) is 3.63. The van der Waals surface area contributed by atoms with Gasteiger partial charge in [-0.05, 0) is 43.5 Å². The van der Waals surface area contributed by atoms with Crippen molar-refractivity contribution < 1.29 is 4.74 Å². The third-order valence-electron chi connectivity index (χ3n) is 5.39. The number of anilines is 1. The van der Waals surface area contributed by atoms with Gasteiger partial charge in [-0.1, -0.05) is 31.2 Å². The summed E-state index contributed by atoms with van der Waals surface area (Å²) in [6, 6.07) is 18.5. The molecular formula is C24H29N5O. The molecule has 1 saturated heterocycles. The number of piperidine rings is 1. The molecule has 2 aromatic heterocycles. The molecule has 6 heteroatoms. The average molecular weight is 404 g/mol. The fraction of sp³-hybridized carbons (Fsp3) is 0.375. The third kappa shape index (κ3) is 5.33. The summed E-state index contributed by atoms with van der Waals surface area (Å²) in [6.07, 6.45) is 4.86. The molecule has 0 unspecified atom stereocenters. The summed E-state index contributed by atoms with van der Waals surface area (Å²) in [4.78, 5) is 16.3. The van der Waals surface area contributed by atoms with E-state index >= 15 is 0 Å². The molecule has 1 N–H and O–H groups in total. The van der Waals surface area contributed by atoms with E-state index in [2.05, 4.69) is 33.2 Å². The van der Waals surface area contributed by atoms with Crippen molar-refractivity contribution in [1.82, 2.24) is 20.3 Å².